The molecule has 2 unspecified atom stereocenters. The zero-order valence-electron chi connectivity index (χ0n) is 23.6. The van der Waals surface area contributed by atoms with E-state index in [1.54, 1.807) is 24.7 Å². The first-order valence-electron chi connectivity index (χ1n) is 14.8. The maximum Gasteiger partial charge on any atom is 0.258 e. The van der Waals surface area contributed by atoms with Gasteiger partial charge in [-0.05, 0) is 63.0 Å². The molecule has 0 aliphatic carbocycles. The van der Waals surface area contributed by atoms with Crippen molar-refractivity contribution in [2.45, 2.75) is 44.6 Å². The summed E-state index contributed by atoms with van der Waals surface area (Å²) < 4.78 is 18.7. The standard InChI is InChI=1S/C32H33FN6O2S/c1-2-37-14-5-6-21(37)9-11-36-31(41)29-30(40)22-16-23(33)27(38-15-10-20(19-38)24-18-34-12-13-35-24)17-26(22)39-25-7-3-4-8-28(25)42-32(29)39/h3-4,7-8,12-13,16-18,20-21H,2,5-6,9-11,14-15,19H2,1H3,(H,36,41). The van der Waals surface area contributed by atoms with Gasteiger partial charge in [-0.1, -0.05) is 19.1 Å². The number of nitrogens with one attached hydrogen (secondary N) is 1. The minimum atomic E-state index is -0.467. The van der Waals surface area contributed by atoms with Crippen LogP contribution in [0, 0.1) is 5.82 Å². The molecule has 0 radical (unpaired) electrons. The summed E-state index contributed by atoms with van der Waals surface area (Å²) in [5.41, 5.74) is 2.49. The van der Waals surface area contributed by atoms with Gasteiger partial charge in [0, 0.05) is 50.2 Å². The Morgan fingerprint density at radius 3 is 2.86 bits per heavy atom. The summed E-state index contributed by atoms with van der Waals surface area (Å²) in [6, 6.07) is 11.4. The molecule has 2 saturated heterocycles. The van der Waals surface area contributed by atoms with Crippen LogP contribution in [0.4, 0.5) is 10.1 Å². The van der Waals surface area contributed by atoms with Gasteiger partial charge in [0.05, 0.1) is 32.5 Å². The first-order valence-corrected chi connectivity index (χ1v) is 15.6. The molecule has 2 atom stereocenters. The van der Waals surface area contributed by atoms with E-state index in [0.29, 0.717) is 41.7 Å². The highest BCUT2D eigenvalue weighted by atomic mass is 32.1. The third-order valence-corrected chi connectivity index (χ3v) is 10.1. The first-order chi connectivity index (χ1) is 20.5. The molecule has 3 aromatic heterocycles. The Labute approximate surface area is 246 Å². The number of amides is 1. The van der Waals surface area contributed by atoms with E-state index >= 15 is 4.39 Å². The van der Waals surface area contributed by atoms with Crippen LogP contribution in [-0.4, -0.2) is 63.9 Å². The predicted molar refractivity (Wildman–Crippen MR) is 165 cm³/mol. The van der Waals surface area contributed by atoms with E-state index in [1.165, 1.54) is 23.8 Å². The number of benzene rings is 2. The normalized spacial score (nSPS) is 19.4. The van der Waals surface area contributed by atoms with Gasteiger partial charge in [0.25, 0.3) is 5.91 Å². The van der Waals surface area contributed by atoms with Gasteiger partial charge < -0.3 is 15.1 Å². The number of thiazole rings is 1. The minimum absolute atomic E-state index is 0.0820. The number of halogens is 1. The average Bonchev–Trinajstić information content (AvgIpc) is 3.76. The number of likely N-dealkylation sites (tertiary alicyclic amines) is 1. The number of rotatable bonds is 7. The smallest absolute Gasteiger partial charge is 0.258 e. The lowest BCUT2D eigenvalue weighted by atomic mass is 10.1. The molecule has 10 heteroatoms. The molecule has 5 aromatic rings. The van der Waals surface area contributed by atoms with E-state index in [0.717, 1.165) is 48.3 Å². The van der Waals surface area contributed by atoms with Crippen LogP contribution in [0.2, 0.25) is 0 Å². The van der Waals surface area contributed by atoms with Crippen molar-refractivity contribution in [1.82, 2.24) is 24.6 Å². The van der Waals surface area contributed by atoms with Crippen LogP contribution in [0.3, 0.4) is 0 Å². The van der Waals surface area contributed by atoms with E-state index in [1.807, 2.05) is 33.6 Å². The second-order valence-electron chi connectivity index (χ2n) is 11.3. The highest BCUT2D eigenvalue weighted by Gasteiger charge is 2.29. The number of hydrogen-bond donors (Lipinski definition) is 1. The van der Waals surface area contributed by atoms with Gasteiger partial charge in [-0.2, -0.15) is 0 Å². The lowest BCUT2D eigenvalue weighted by Gasteiger charge is -2.22. The fourth-order valence-corrected chi connectivity index (χ4v) is 8.00. The van der Waals surface area contributed by atoms with Crippen molar-refractivity contribution in [3.05, 3.63) is 82.3 Å². The molecule has 2 aliphatic heterocycles. The quantitative estimate of drug-likeness (QED) is 0.283. The molecule has 2 fully saturated rings. The number of nitrogens with zero attached hydrogens (tertiary/aromatic N) is 5. The van der Waals surface area contributed by atoms with Crippen LogP contribution in [0.15, 0.2) is 59.8 Å². The second-order valence-corrected chi connectivity index (χ2v) is 12.3. The van der Waals surface area contributed by atoms with Gasteiger partial charge in [-0.15, -0.1) is 11.3 Å². The lowest BCUT2D eigenvalue weighted by Crippen LogP contribution is -2.35. The number of aromatic nitrogens is 3. The Morgan fingerprint density at radius 1 is 1.14 bits per heavy atom. The molecular weight excluding hydrogens is 551 g/mol. The summed E-state index contributed by atoms with van der Waals surface area (Å²) in [5.74, 6) is -0.716. The van der Waals surface area contributed by atoms with Crippen molar-refractivity contribution in [1.29, 1.82) is 0 Å². The van der Waals surface area contributed by atoms with Crippen LogP contribution in [0.5, 0.6) is 0 Å². The number of anilines is 1. The van der Waals surface area contributed by atoms with Gasteiger partial charge in [0.15, 0.2) is 0 Å². The average molecular weight is 585 g/mol. The van der Waals surface area contributed by atoms with Crippen molar-refractivity contribution in [2.75, 3.05) is 37.6 Å². The first kappa shape index (κ1) is 27.0. The number of para-hydroxylation sites is 1. The van der Waals surface area contributed by atoms with E-state index in [2.05, 4.69) is 27.1 Å². The van der Waals surface area contributed by atoms with Gasteiger partial charge in [-0.25, -0.2) is 4.39 Å². The summed E-state index contributed by atoms with van der Waals surface area (Å²) >= 11 is 1.42. The number of carbonyl (C=O) groups excluding carboxylic acids is 1. The monoisotopic (exact) mass is 584 g/mol. The fourth-order valence-electron chi connectivity index (χ4n) is 6.80. The maximum atomic E-state index is 15.8. The predicted octanol–water partition coefficient (Wildman–Crippen LogP) is 5.19. The molecule has 1 amide bonds. The molecule has 0 bridgehead atoms. The Bertz CT molecular complexity index is 1860. The minimum Gasteiger partial charge on any atom is -0.368 e. The summed E-state index contributed by atoms with van der Waals surface area (Å²) in [6.45, 7) is 6.03. The third-order valence-electron chi connectivity index (χ3n) is 8.93. The van der Waals surface area contributed by atoms with Gasteiger partial charge in [-0.3, -0.25) is 24.0 Å². The van der Waals surface area contributed by atoms with Gasteiger partial charge in [0.1, 0.15) is 16.2 Å². The third kappa shape index (κ3) is 4.62. The van der Waals surface area contributed by atoms with Crippen molar-refractivity contribution >= 4 is 48.9 Å². The summed E-state index contributed by atoms with van der Waals surface area (Å²) in [6.07, 6.45) is 9.08. The molecule has 7 rings (SSSR count). The Morgan fingerprint density at radius 2 is 2.02 bits per heavy atom. The van der Waals surface area contributed by atoms with Crippen LogP contribution in [-0.2, 0) is 0 Å². The molecular formula is C32H33FN6O2S. The van der Waals surface area contributed by atoms with Gasteiger partial charge in [0.2, 0.25) is 5.43 Å². The molecule has 2 aliphatic rings. The Kier molecular flexibility index (Phi) is 7.11. The molecule has 8 nitrogen and oxygen atoms in total. The highest BCUT2D eigenvalue weighted by Crippen LogP contribution is 2.36. The zero-order valence-corrected chi connectivity index (χ0v) is 24.4. The number of fused-ring (bicyclic) bond motifs is 5. The summed E-state index contributed by atoms with van der Waals surface area (Å²) in [5, 5.41) is 3.23. The van der Waals surface area contributed by atoms with Crippen molar-refractivity contribution in [2.24, 2.45) is 0 Å². The van der Waals surface area contributed by atoms with Gasteiger partial charge >= 0.3 is 0 Å². The van der Waals surface area contributed by atoms with E-state index < -0.39 is 17.2 Å². The molecule has 1 N–H and O–H groups in total. The molecule has 2 aromatic carbocycles. The second kappa shape index (κ2) is 11.1. The van der Waals surface area contributed by atoms with Crippen LogP contribution in [0.1, 0.15) is 54.6 Å². The molecule has 216 valence electrons. The zero-order chi connectivity index (χ0) is 28.8. The van der Waals surface area contributed by atoms with E-state index in [4.69, 9.17) is 0 Å². The van der Waals surface area contributed by atoms with E-state index in [9.17, 15) is 9.59 Å². The lowest BCUT2D eigenvalue weighted by molar-refractivity contribution is 0.0950. The molecule has 5 heterocycles. The number of carbonyl (C=O) groups is 1. The summed E-state index contributed by atoms with van der Waals surface area (Å²) in [4.78, 5) is 41.2. The SMILES string of the molecule is CCN1CCCC1CCNC(=O)c1c(=O)c2cc(F)c(N3CCC(c4cnccn4)C3)cc2n2c1sc1ccccc12. The van der Waals surface area contributed by atoms with Crippen molar-refractivity contribution < 1.29 is 9.18 Å². The fraction of sp³-hybridized carbons (Fsp3) is 0.375. The van der Waals surface area contributed by atoms with Crippen LogP contribution in [0.25, 0.3) is 25.9 Å². The van der Waals surface area contributed by atoms with Crippen LogP contribution >= 0.6 is 11.3 Å². The maximum absolute atomic E-state index is 15.8. The summed E-state index contributed by atoms with van der Waals surface area (Å²) in [7, 11) is 0. The van der Waals surface area contributed by atoms with Crippen molar-refractivity contribution in [3.8, 4) is 0 Å². The molecule has 0 spiro atoms. The number of pyridine rings is 1. The topological polar surface area (TPSA) is 82.8 Å². The Hall–Kier alpha value is -3.89. The van der Waals surface area contributed by atoms with E-state index in [-0.39, 0.29) is 16.9 Å². The Balaban J connectivity index is 1.28. The van der Waals surface area contributed by atoms with Crippen molar-refractivity contribution in [3.63, 3.8) is 0 Å². The largest absolute Gasteiger partial charge is 0.368 e. The molecule has 42 heavy (non-hydrogen) atoms. The van der Waals surface area contributed by atoms with Crippen LogP contribution < -0.4 is 15.6 Å². The molecule has 0 saturated carbocycles. The highest BCUT2D eigenvalue weighted by molar-refractivity contribution is 7.24. The number of hydrogen-bond acceptors (Lipinski definition) is 7.